The highest BCUT2D eigenvalue weighted by Gasteiger charge is 2.16. The van der Waals surface area contributed by atoms with Crippen LogP contribution in [0.5, 0.6) is 0 Å². The van der Waals surface area contributed by atoms with E-state index in [0.29, 0.717) is 0 Å². The minimum absolute atomic E-state index is 0.929. The summed E-state index contributed by atoms with van der Waals surface area (Å²) < 4.78 is 0.929. The Bertz CT molecular complexity index is 326. The second kappa shape index (κ2) is 3.28. The summed E-state index contributed by atoms with van der Waals surface area (Å²) in [5.74, 6) is 0. The van der Waals surface area contributed by atoms with Crippen LogP contribution in [-0.4, -0.2) is 23.0 Å². The lowest BCUT2D eigenvalue weighted by Crippen LogP contribution is -2.29. The lowest BCUT2D eigenvalue weighted by atomic mass is 10.2. The molecule has 0 unspecified atom stereocenters. The van der Waals surface area contributed by atoms with Crippen molar-refractivity contribution in [2.75, 3.05) is 13.1 Å². The summed E-state index contributed by atoms with van der Waals surface area (Å²) in [5.41, 5.74) is 1.37. The van der Waals surface area contributed by atoms with Gasteiger partial charge in [-0.15, -0.1) is 11.3 Å². The van der Waals surface area contributed by atoms with Crippen LogP contribution in [0.25, 0.3) is 0 Å². The maximum absolute atomic E-state index is 5.10. The molecule has 2 heterocycles. The molecule has 66 valence electrons. The van der Waals surface area contributed by atoms with Crippen molar-refractivity contribution in [3.63, 3.8) is 0 Å². The summed E-state index contributed by atoms with van der Waals surface area (Å²) in [6, 6.07) is 0. The van der Waals surface area contributed by atoms with Crippen molar-refractivity contribution >= 4 is 23.6 Å². The van der Waals surface area contributed by atoms with Crippen LogP contribution in [0, 0.1) is 3.95 Å². The van der Waals surface area contributed by atoms with E-state index in [4.69, 9.17) is 12.2 Å². The van der Waals surface area contributed by atoms with E-state index in [-0.39, 0.29) is 0 Å². The topological polar surface area (TPSA) is 19.0 Å². The first-order valence-electron chi connectivity index (χ1n) is 4.23. The van der Waals surface area contributed by atoms with Gasteiger partial charge in [0.15, 0.2) is 3.95 Å². The number of nitrogens with zero attached hydrogens (tertiary/aromatic N) is 1. The summed E-state index contributed by atoms with van der Waals surface area (Å²) >= 11 is 6.83. The van der Waals surface area contributed by atoms with E-state index in [1.54, 1.807) is 11.3 Å². The molecule has 1 N–H and O–H groups in total. The Balaban J connectivity index is 2.28. The van der Waals surface area contributed by atoms with Crippen LogP contribution < -0.4 is 0 Å². The second-order valence-corrected chi connectivity index (χ2v) is 4.81. The molecule has 12 heavy (non-hydrogen) atoms. The van der Waals surface area contributed by atoms with Crippen molar-refractivity contribution in [3.05, 3.63) is 14.5 Å². The fourth-order valence-electron chi connectivity index (χ4n) is 1.54. The molecule has 2 rings (SSSR count). The van der Waals surface area contributed by atoms with Gasteiger partial charge < -0.3 is 4.98 Å². The highest BCUT2D eigenvalue weighted by molar-refractivity contribution is 7.73. The third-order valence-electron chi connectivity index (χ3n) is 2.30. The molecule has 0 spiro atoms. The molecule has 0 radical (unpaired) electrons. The Morgan fingerprint density at radius 2 is 2.50 bits per heavy atom. The largest absolute Gasteiger partial charge is 0.341 e. The van der Waals surface area contributed by atoms with E-state index >= 15 is 0 Å². The highest BCUT2D eigenvalue weighted by Crippen LogP contribution is 2.22. The monoisotopic (exact) mass is 200 g/mol. The first kappa shape index (κ1) is 8.41. The van der Waals surface area contributed by atoms with E-state index in [1.165, 1.54) is 17.1 Å². The Morgan fingerprint density at radius 1 is 1.67 bits per heavy atom. The van der Waals surface area contributed by atoms with Crippen molar-refractivity contribution in [2.45, 2.75) is 19.9 Å². The van der Waals surface area contributed by atoms with Crippen molar-refractivity contribution in [3.8, 4) is 0 Å². The number of H-pyrrole nitrogens is 1. The Hall–Kier alpha value is -0.190. The van der Waals surface area contributed by atoms with Gasteiger partial charge in [0, 0.05) is 30.1 Å². The number of fused-ring (bicyclic) bond motifs is 1. The molecule has 1 aliphatic rings. The molecule has 0 atom stereocenters. The van der Waals surface area contributed by atoms with E-state index in [0.717, 1.165) is 23.5 Å². The van der Waals surface area contributed by atoms with Gasteiger partial charge in [0.2, 0.25) is 0 Å². The number of nitrogens with one attached hydrogen (secondary N) is 1. The minimum Gasteiger partial charge on any atom is -0.341 e. The van der Waals surface area contributed by atoms with Crippen molar-refractivity contribution in [1.29, 1.82) is 0 Å². The van der Waals surface area contributed by atoms with Gasteiger partial charge >= 0.3 is 0 Å². The van der Waals surface area contributed by atoms with Gasteiger partial charge in [0.05, 0.1) is 0 Å². The fourth-order valence-corrected chi connectivity index (χ4v) is 2.89. The number of thiazole rings is 1. The maximum Gasteiger partial charge on any atom is 0.158 e. The number of rotatable bonds is 1. The predicted molar refractivity (Wildman–Crippen MR) is 54.2 cm³/mol. The van der Waals surface area contributed by atoms with Gasteiger partial charge in [0.25, 0.3) is 0 Å². The molecular formula is C8H12N2S2. The zero-order chi connectivity index (χ0) is 8.55. The van der Waals surface area contributed by atoms with Gasteiger partial charge in [-0.1, -0.05) is 6.92 Å². The second-order valence-electron chi connectivity index (χ2n) is 3.04. The van der Waals surface area contributed by atoms with Crippen LogP contribution in [-0.2, 0) is 13.0 Å². The molecule has 0 fully saturated rings. The van der Waals surface area contributed by atoms with Crippen LogP contribution in [0.2, 0.25) is 0 Å². The average Bonchev–Trinajstić information content (AvgIpc) is 2.43. The highest BCUT2D eigenvalue weighted by atomic mass is 32.1. The third-order valence-corrected chi connectivity index (χ3v) is 3.56. The molecule has 0 bridgehead atoms. The summed E-state index contributed by atoms with van der Waals surface area (Å²) in [6.07, 6.45) is 1.14. The number of hydrogen-bond acceptors (Lipinski definition) is 3. The van der Waals surface area contributed by atoms with Crippen LogP contribution in [0.3, 0.4) is 0 Å². The quantitative estimate of drug-likeness (QED) is 0.701. The molecule has 4 heteroatoms. The zero-order valence-electron chi connectivity index (χ0n) is 7.09. The van der Waals surface area contributed by atoms with E-state index in [9.17, 15) is 0 Å². The van der Waals surface area contributed by atoms with Gasteiger partial charge in [0.1, 0.15) is 0 Å². The van der Waals surface area contributed by atoms with Crippen LogP contribution >= 0.6 is 23.6 Å². The predicted octanol–water partition coefficient (Wildman–Crippen LogP) is 2.18. The molecule has 0 saturated heterocycles. The minimum atomic E-state index is 0.929. The molecule has 1 aliphatic heterocycles. The molecule has 0 aliphatic carbocycles. The molecular weight excluding hydrogens is 188 g/mol. The molecule has 0 saturated carbocycles. The van der Waals surface area contributed by atoms with Crippen LogP contribution in [0.1, 0.15) is 17.5 Å². The Kier molecular flexibility index (Phi) is 2.30. The van der Waals surface area contributed by atoms with E-state index in [2.05, 4.69) is 16.8 Å². The summed E-state index contributed by atoms with van der Waals surface area (Å²) in [6.45, 7) is 5.61. The van der Waals surface area contributed by atoms with Crippen LogP contribution in [0.4, 0.5) is 0 Å². The van der Waals surface area contributed by atoms with Crippen molar-refractivity contribution < 1.29 is 0 Å². The Morgan fingerprint density at radius 3 is 3.25 bits per heavy atom. The number of hydrogen-bond donors (Lipinski definition) is 1. The van der Waals surface area contributed by atoms with Gasteiger partial charge in [-0.2, -0.15) is 0 Å². The molecule has 1 aromatic rings. The van der Waals surface area contributed by atoms with E-state index in [1.807, 2.05) is 0 Å². The number of likely N-dealkylation sites (N-methyl/N-ethyl adjacent to an activating group) is 1. The average molecular weight is 200 g/mol. The first-order valence-corrected chi connectivity index (χ1v) is 5.45. The van der Waals surface area contributed by atoms with E-state index < -0.39 is 0 Å². The lowest BCUT2D eigenvalue weighted by Gasteiger charge is -2.24. The molecule has 2 nitrogen and oxygen atoms in total. The third kappa shape index (κ3) is 1.46. The standard InChI is InChI=1S/C8H12N2S2/c1-2-10-4-3-6-7(5-10)12-8(11)9-6/h2-5H2,1H3,(H,9,11). The van der Waals surface area contributed by atoms with Gasteiger partial charge in [-0.25, -0.2) is 0 Å². The molecule has 0 aromatic carbocycles. The summed E-state index contributed by atoms with van der Waals surface area (Å²) in [7, 11) is 0. The summed E-state index contributed by atoms with van der Waals surface area (Å²) in [4.78, 5) is 7.13. The molecule has 1 aromatic heterocycles. The van der Waals surface area contributed by atoms with Crippen molar-refractivity contribution in [2.24, 2.45) is 0 Å². The van der Waals surface area contributed by atoms with Crippen LogP contribution in [0.15, 0.2) is 0 Å². The number of aromatic amines is 1. The SMILES string of the molecule is CCN1CCc2[nH]c(=S)sc2C1. The normalized spacial score (nSPS) is 17.8. The smallest absolute Gasteiger partial charge is 0.158 e. The van der Waals surface area contributed by atoms with Gasteiger partial charge in [-0.05, 0) is 18.8 Å². The lowest BCUT2D eigenvalue weighted by molar-refractivity contribution is 0.270. The first-order chi connectivity index (χ1) is 5.79. The Labute approximate surface area is 81.2 Å². The fraction of sp³-hybridized carbons (Fsp3) is 0.625. The maximum atomic E-state index is 5.10. The van der Waals surface area contributed by atoms with Crippen molar-refractivity contribution in [1.82, 2.24) is 9.88 Å². The number of aromatic nitrogens is 1. The van der Waals surface area contributed by atoms with Gasteiger partial charge in [-0.3, -0.25) is 4.90 Å². The zero-order valence-corrected chi connectivity index (χ0v) is 8.73. The summed E-state index contributed by atoms with van der Waals surface area (Å²) in [5, 5.41) is 0. The molecule has 0 amide bonds.